The van der Waals surface area contributed by atoms with Gasteiger partial charge in [-0.1, -0.05) is 5.21 Å². The minimum Gasteiger partial charge on any atom is -0.476 e. The predicted octanol–water partition coefficient (Wildman–Crippen LogP) is 0.218. The maximum Gasteiger partial charge on any atom is 0.358 e. The van der Waals surface area contributed by atoms with Gasteiger partial charge in [-0.2, -0.15) is 0 Å². The van der Waals surface area contributed by atoms with Crippen LogP contribution in [0.5, 0.6) is 0 Å². The first kappa shape index (κ1) is 13.3. The molecule has 0 bridgehead atoms. The van der Waals surface area contributed by atoms with Gasteiger partial charge in [0, 0.05) is 12.1 Å². The lowest BCUT2D eigenvalue weighted by Gasteiger charge is -2.39. The molecule has 1 aliphatic rings. The fraction of sp³-hybridized carbons (Fsp3) is 0.636. The Labute approximate surface area is 110 Å². The van der Waals surface area contributed by atoms with E-state index >= 15 is 0 Å². The number of urea groups is 1. The van der Waals surface area contributed by atoms with Crippen molar-refractivity contribution < 1.29 is 14.7 Å². The van der Waals surface area contributed by atoms with Gasteiger partial charge in [0.05, 0.1) is 12.7 Å². The zero-order valence-electron chi connectivity index (χ0n) is 10.7. The van der Waals surface area contributed by atoms with Crippen molar-refractivity contribution in [1.82, 2.24) is 25.6 Å². The van der Waals surface area contributed by atoms with E-state index in [2.05, 4.69) is 20.9 Å². The summed E-state index contributed by atoms with van der Waals surface area (Å²) in [6.45, 7) is 2.77. The van der Waals surface area contributed by atoms with Gasteiger partial charge in [-0.25, -0.2) is 14.3 Å². The van der Waals surface area contributed by atoms with Crippen molar-refractivity contribution in [2.24, 2.45) is 0 Å². The van der Waals surface area contributed by atoms with Gasteiger partial charge in [0.25, 0.3) is 0 Å². The molecule has 2 amide bonds. The van der Waals surface area contributed by atoms with Crippen molar-refractivity contribution in [1.29, 1.82) is 0 Å². The molecule has 0 radical (unpaired) electrons. The highest BCUT2D eigenvalue weighted by Gasteiger charge is 2.32. The summed E-state index contributed by atoms with van der Waals surface area (Å²) in [5, 5.41) is 21.4. The van der Waals surface area contributed by atoms with E-state index in [1.165, 1.54) is 10.9 Å². The number of carboxylic acids is 1. The second-order valence-corrected chi connectivity index (χ2v) is 4.97. The highest BCUT2D eigenvalue weighted by Crippen LogP contribution is 2.30. The van der Waals surface area contributed by atoms with Crippen molar-refractivity contribution in [2.45, 2.75) is 38.3 Å². The minimum atomic E-state index is -1.12. The van der Waals surface area contributed by atoms with Crippen LogP contribution >= 0.6 is 0 Å². The molecule has 8 nitrogen and oxygen atoms in total. The molecule has 1 fully saturated rings. The highest BCUT2D eigenvalue weighted by molar-refractivity contribution is 5.84. The number of hydrogen-bond donors (Lipinski definition) is 3. The molecule has 2 rings (SSSR count). The van der Waals surface area contributed by atoms with Gasteiger partial charge in [0.1, 0.15) is 0 Å². The molecule has 19 heavy (non-hydrogen) atoms. The van der Waals surface area contributed by atoms with Crippen molar-refractivity contribution in [3.05, 3.63) is 11.9 Å². The van der Waals surface area contributed by atoms with Crippen molar-refractivity contribution in [2.75, 3.05) is 6.54 Å². The first-order valence-corrected chi connectivity index (χ1v) is 6.18. The summed E-state index contributed by atoms with van der Waals surface area (Å²) >= 11 is 0. The molecule has 1 saturated carbocycles. The zero-order valence-corrected chi connectivity index (χ0v) is 10.7. The third-order valence-corrected chi connectivity index (χ3v) is 3.26. The smallest absolute Gasteiger partial charge is 0.358 e. The Balaban J connectivity index is 1.70. The molecule has 0 spiro atoms. The van der Waals surface area contributed by atoms with Crippen LogP contribution in [0.25, 0.3) is 0 Å². The minimum absolute atomic E-state index is 0.0756. The van der Waals surface area contributed by atoms with Crippen LogP contribution in [-0.4, -0.2) is 44.2 Å². The number of hydrogen-bond acceptors (Lipinski definition) is 4. The molecule has 3 N–H and O–H groups in total. The van der Waals surface area contributed by atoms with Crippen LogP contribution in [0.15, 0.2) is 6.20 Å². The molecule has 1 aromatic heterocycles. The molecular formula is C11H17N5O3. The molecular weight excluding hydrogens is 250 g/mol. The third-order valence-electron chi connectivity index (χ3n) is 3.26. The topological polar surface area (TPSA) is 109 Å². The molecule has 0 atom stereocenters. The molecule has 1 aliphatic carbocycles. The van der Waals surface area contributed by atoms with E-state index in [0.29, 0.717) is 13.1 Å². The Morgan fingerprint density at radius 2 is 2.26 bits per heavy atom. The lowest BCUT2D eigenvalue weighted by atomic mass is 9.79. The number of aromatic carboxylic acids is 1. The maximum absolute atomic E-state index is 11.6. The standard InChI is InChI=1S/C11H17N5O3/c1-11(3-2-4-11)13-10(19)12-5-6-16-7-8(9(17)18)14-15-16/h7H,2-6H2,1H3,(H,17,18)(H2,12,13,19). The molecule has 1 heterocycles. The molecule has 0 aliphatic heterocycles. The van der Waals surface area contributed by atoms with E-state index in [1.807, 2.05) is 6.92 Å². The van der Waals surface area contributed by atoms with Crippen LogP contribution in [0.4, 0.5) is 4.79 Å². The lowest BCUT2D eigenvalue weighted by molar-refractivity contribution is 0.0690. The van der Waals surface area contributed by atoms with Gasteiger partial charge in [-0.05, 0) is 26.2 Å². The highest BCUT2D eigenvalue weighted by atomic mass is 16.4. The maximum atomic E-state index is 11.6. The van der Waals surface area contributed by atoms with E-state index in [4.69, 9.17) is 5.11 Å². The monoisotopic (exact) mass is 267 g/mol. The van der Waals surface area contributed by atoms with Gasteiger partial charge >= 0.3 is 12.0 Å². The zero-order chi connectivity index (χ0) is 13.9. The Kier molecular flexibility index (Phi) is 3.68. The van der Waals surface area contributed by atoms with Gasteiger partial charge in [0.15, 0.2) is 5.69 Å². The van der Waals surface area contributed by atoms with Crippen LogP contribution in [0.2, 0.25) is 0 Å². The van der Waals surface area contributed by atoms with E-state index < -0.39 is 5.97 Å². The van der Waals surface area contributed by atoms with E-state index in [1.54, 1.807) is 0 Å². The molecule has 8 heteroatoms. The summed E-state index contributed by atoms with van der Waals surface area (Å²) in [6.07, 6.45) is 4.49. The fourth-order valence-electron chi connectivity index (χ4n) is 1.94. The largest absolute Gasteiger partial charge is 0.476 e. The van der Waals surface area contributed by atoms with Crippen molar-refractivity contribution in [3.63, 3.8) is 0 Å². The van der Waals surface area contributed by atoms with Crippen LogP contribution in [0.3, 0.4) is 0 Å². The Morgan fingerprint density at radius 3 is 2.79 bits per heavy atom. The second kappa shape index (κ2) is 5.25. The van der Waals surface area contributed by atoms with Crippen molar-refractivity contribution in [3.8, 4) is 0 Å². The molecule has 0 unspecified atom stereocenters. The number of amides is 2. The predicted molar refractivity (Wildman–Crippen MR) is 65.8 cm³/mol. The average molecular weight is 267 g/mol. The number of aromatic nitrogens is 3. The van der Waals surface area contributed by atoms with E-state index in [-0.39, 0.29) is 17.3 Å². The summed E-state index contributed by atoms with van der Waals surface area (Å²) in [7, 11) is 0. The molecule has 104 valence electrons. The molecule has 0 aromatic carbocycles. The van der Waals surface area contributed by atoms with Gasteiger partial charge in [-0.15, -0.1) is 5.10 Å². The van der Waals surface area contributed by atoms with Crippen molar-refractivity contribution >= 4 is 12.0 Å². The summed E-state index contributed by atoms with van der Waals surface area (Å²) in [5.41, 5.74) is -0.181. The summed E-state index contributed by atoms with van der Waals surface area (Å²) in [4.78, 5) is 22.2. The van der Waals surface area contributed by atoms with Crippen LogP contribution < -0.4 is 10.6 Å². The van der Waals surface area contributed by atoms with Crippen LogP contribution in [0, 0.1) is 0 Å². The van der Waals surface area contributed by atoms with Gasteiger partial charge in [0.2, 0.25) is 0 Å². The SMILES string of the molecule is CC1(NC(=O)NCCn2cc(C(=O)O)nn2)CCC1. The van der Waals surface area contributed by atoms with E-state index in [0.717, 1.165) is 19.3 Å². The Hall–Kier alpha value is -2.12. The summed E-state index contributed by atoms with van der Waals surface area (Å²) in [6, 6.07) is -0.208. The number of nitrogens with one attached hydrogen (secondary N) is 2. The number of carbonyl (C=O) groups is 2. The second-order valence-electron chi connectivity index (χ2n) is 4.97. The number of carboxylic acid groups (broad SMARTS) is 1. The normalized spacial score (nSPS) is 16.5. The number of rotatable bonds is 5. The van der Waals surface area contributed by atoms with Gasteiger partial charge in [-0.3, -0.25) is 0 Å². The van der Waals surface area contributed by atoms with Crippen LogP contribution in [-0.2, 0) is 6.54 Å². The van der Waals surface area contributed by atoms with Crippen LogP contribution in [0.1, 0.15) is 36.7 Å². The third kappa shape index (κ3) is 3.43. The van der Waals surface area contributed by atoms with Gasteiger partial charge < -0.3 is 15.7 Å². The molecule has 0 saturated heterocycles. The molecule has 1 aromatic rings. The number of nitrogens with zero attached hydrogens (tertiary/aromatic N) is 3. The average Bonchev–Trinajstić information content (AvgIpc) is 2.76. The number of carbonyl (C=O) groups excluding carboxylic acids is 1. The van der Waals surface area contributed by atoms with E-state index in [9.17, 15) is 9.59 Å². The quantitative estimate of drug-likeness (QED) is 0.707. The summed E-state index contributed by atoms with van der Waals surface area (Å²) < 4.78 is 1.38. The first-order valence-electron chi connectivity index (χ1n) is 6.18. The Morgan fingerprint density at radius 1 is 1.53 bits per heavy atom. The Bertz CT molecular complexity index is 480. The lowest BCUT2D eigenvalue weighted by Crippen LogP contribution is -2.54. The first-order chi connectivity index (χ1) is 8.98. The fourth-order valence-corrected chi connectivity index (χ4v) is 1.94. The summed E-state index contributed by atoms with van der Waals surface area (Å²) in [5.74, 6) is -1.12.